The standard InChI is InChI=1S/C23H31N3OS/c1-4-25-12-14-26(15-13-25)21-10-11-22(18(2)16-21)24-23(27)19(3)28-17-20-8-6-5-7-9-20/h5-11,16,19H,4,12-15,17H2,1-3H3,(H,24,27). The first-order valence-corrected chi connectivity index (χ1v) is 11.2. The van der Waals surface area contributed by atoms with Crippen LogP contribution in [0.3, 0.4) is 0 Å². The highest BCUT2D eigenvalue weighted by Gasteiger charge is 2.18. The van der Waals surface area contributed by atoms with Crippen molar-refractivity contribution in [3.63, 3.8) is 0 Å². The van der Waals surface area contributed by atoms with Gasteiger partial charge in [-0.15, -0.1) is 11.8 Å². The number of likely N-dealkylation sites (N-methyl/N-ethyl adjacent to an activating group) is 1. The average molecular weight is 398 g/mol. The minimum atomic E-state index is -0.0959. The van der Waals surface area contributed by atoms with Crippen LogP contribution in [-0.2, 0) is 10.5 Å². The van der Waals surface area contributed by atoms with Gasteiger partial charge in [-0.2, -0.15) is 0 Å². The van der Waals surface area contributed by atoms with Crippen molar-refractivity contribution in [1.29, 1.82) is 0 Å². The molecular weight excluding hydrogens is 366 g/mol. The lowest BCUT2D eigenvalue weighted by atomic mass is 10.1. The van der Waals surface area contributed by atoms with Crippen LogP contribution in [0.25, 0.3) is 0 Å². The van der Waals surface area contributed by atoms with E-state index in [0.717, 1.165) is 49.7 Å². The number of nitrogens with zero attached hydrogens (tertiary/aromatic N) is 2. The summed E-state index contributed by atoms with van der Waals surface area (Å²) in [6.07, 6.45) is 0. The number of carbonyl (C=O) groups excluding carboxylic acids is 1. The van der Waals surface area contributed by atoms with Crippen LogP contribution in [0, 0.1) is 6.92 Å². The van der Waals surface area contributed by atoms with Gasteiger partial charge in [-0.25, -0.2) is 0 Å². The third-order valence-corrected chi connectivity index (χ3v) is 6.58. The van der Waals surface area contributed by atoms with E-state index in [1.807, 2.05) is 31.2 Å². The van der Waals surface area contributed by atoms with Gasteiger partial charge < -0.3 is 15.1 Å². The minimum Gasteiger partial charge on any atom is -0.369 e. The lowest BCUT2D eigenvalue weighted by Gasteiger charge is -2.35. The highest BCUT2D eigenvalue weighted by Crippen LogP contribution is 2.25. The first kappa shape index (κ1) is 20.7. The number of benzene rings is 2. The smallest absolute Gasteiger partial charge is 0.237 e. The number of rotatable bonds is 7. The maximum absolute atomic E-state index is 12.6. The number of amides is 1. The molecule has 1 aliphatic rings. The van der Waals surface area contributed by atoms with Gasteiger partial charge in [0.1, 0.15) is 0 Å². The molecule has 1 unspecified atom stereocenters. The molecule has 28 heavy (non-hydrogen) atoms. The summed E-state index contributed by atoms with van der Waals surface area (Å²) in [5.41, 5.74) is 4.52. The number of anilines is 2. The second-order valence-electron chi connectivity index (χ2n) is 7.35. The maximum atomic E-state index is 12.6. The highest BCUT2D eigenvalue weighted by molar-refractivity contribution is 7.99. The number of hydrogen-bond acceptors (Lipinski definition) is 4. The van der Waals surface area contributed by atoms with Crippen molar-refractivity contribution in [2.75, 3.05) is 42.9 Å². The van der Waals surface area contributed by atoms with Crippen molar-refractivity contribution in [2.24, 2.45) is 0 Å². The van der Waals surface area contributed by atoms with Gasteiger partial charge in [-0.05, 0) is 49.7 Å². The van der Waals surface area contributed by atoms with Crippen molar-refractivity contribution < 1.29 is 4.79 Å². The predicted molar refractivity (Wildman–Crippen MR) is 121 cm³/mol. The van der Waals surface area contributed by atoms with Crippen molar-refractivity contribution in [2.45, 2.75) is 31.8 Å². The first-order chi connectivity index (χ1) is 13.6. The molecule has 0 spiro atoms. The van der Waals surface area contributed by atoms with E-state index in [0.29, 0.717) is 0 Å². The van der Waals surface area contributed by atoms with Gasteiger partial charge in [0.05, 0.1) is 5.25 Å². The van der Waals surface area contributed by atoms with Crippen molar-refractivity contribution in [3.05, 3.63) is 59.7 Å². The van der Waals surface area contributed by atoms with Crippen LogP contribution in [0.2, 0.25) is 0 Å². The summed E-state index contributed by atoms with van der Waals surface area (Å²) < 4.78 is 0. The third-order valence-electron chi connectivity index (χ3n) is 5.36. The Hall–Kier alpha value is -1.98. The van der Waals surface area contributed by atoms with E-state index in [1.54, 1.807) is 11.8 Å². The summed E-state index contributed by atoms with van der Waals surface area (Å²) in [5, 5.41) is 3.01. The molecule has 2 aromatic rings. The molecule has 1 N–H and O–H groups in total. The van der Waals surface area contributed by atoms with Gasteiger partial charge >= 0.3 is 0 Å². The van der Waals surface area contributed by atoms with E-state index in [-0.39, 0.29) is 11.2 Å². The van der Waals surface area contributed by atoms with E-state index in [4.69, 9.17) is 0 Å². The summed E-state index contributed by atoms with van der Waals surface area (Å²) in [4.78, 5) is 17.5. The van der Waals surface area contributed by atoms with Crippen LogP contribution in [0.15, 0.2) is 48.5 Å². The fourth-order valence-corrected chi connectivity index (χ4v) is 4.26. The first-order valence-electron chi connectivity index (χ1n) is 10.1. The minimum absolute atomic E-state index is 0.0633. The number of carbonyl (C=O) groups is 1. The molecular formula is C23H31N3OS. The monoisotopic (exact) mass is 397 g/mol. The van der Waals surface area contributed by atoms with Gasteiger partial charge in [0, 0.05) is 43.3 Å². The quantitative estimate of drug-likeness (QED) is 0.751. The molecule has 0 radical (unpaired) electrons. The van der Waals surface area contributed by atoms with E-state index < -0.39 is 0 Å². The van der Waals surface area contributed by atoms with Crippen molar-refractivity contribution >= 4 is 29.0 Å². The van der Waals surface area contributed by atoms with Gasteiger partial charge in [0.15, 0.2) is 0 Å². The molecule has 1 amide bonds. The Morgan fingerprint density at radius 1 is 1.11 bits per heavy atom. The maximum Gasteiger partial charge on any atom is 0.237 e. The van der Waals surface area contributed by atoms with Crippen LogP contribution in [0.4, 0.5) is 11.4 Å². The van der Waals surface area contributed by atoms with E-state index in [2.05, 4.69) is 53.2 Å². The lowest BCUT2D eigenvalue weighted by molar-refractivity contribution is -0.115. The molecule has 0 saturated carbocycles. The van der Waals surface area contributed by atoms with Gasteiger partial charge in [-0.1, -0.05) is 37.3 Å². The third kappa shape index (κ3) is 5.52. The summed E-state index contributed by atoms with van der Waals surface area (Å²) in [5.74, 6) is 0.908. The van der Waals surface area contributed by atoms with Gasteiger partial charge in [0.25, 0.3) is 0 Å². The number of thioether (sulfide) groups is 1. The van der Waals surface area contributed by atoms with Crippen LogP contribution in [-0.4, -0.2) is 48.8 Å². The number of hydrogen-bond donors (Lipinski definition) is 1. The Morgan fingerprint density at radius 3 is 2.46 bits per heavy atom. The molecule has 5 heteroatoms. The molecule has 4 nitrogen and oxygen atoms in total. The fourth-order valence-electron chi connectivity index (χ4n) is 3.41. The van der Waals surface area contributed by atoms with Gasteiger partial charge in [0.2, 0.25) is 5.91 Å². The zero-order valence-corrected chi connectivity index (χ0v) is 18.0. The molecule has 1 fully saturated rings. The van der Waals surface area contributed by atoms with Crippen LogP contribution >= 0.6 is 11.8 Å². The van der Waals surface area contributed by atoms with Crippen LogP contribution in [0.5, 0.6) is 0 Å². The zero-order chi connectivity index (χ0) is 19.9. The average Bonchev–Trinajstić information content (AvgIpc) is 2.74. The Kier molecular flexibility index (Phi) is 7.40. The van der Waals surface area contributed by atoms with Crippen LogP contribution in [0.1, 0.15) is 25.0 Å². The Labute approximate surface area is 173 Å². The lowest BCUT2D eigenvalue weighted by Crippen LogP contribution is -2.46. The highest BCUT2D eigenvalue weighted by atomic mass is 32.2. The number of nitrogens with one attached hydrogen (secondary N) is 1. The molecule has 1 aliphatic heterocycles. The Bertz CT molecular complexity index is 773. The fraction of sp³-hybridized carbons (Fsp3) is 0.435. The molecule has 0 aromatic heterocycles. The Morgan fingerprint density at radius 2 is 1.82 bits per heavy atom. The Balaban J connectivity index is 1.54. The normalized spacial score (nSPS) is 16.0. The molecule has 150 valence electrons. The molecule has 1 heterocycles. The second-order valence-corrected chi connectivity index (χ2v) is 8.68. The van der Waals surface area contributed by atoms with E-state index >= 15 is 0 Å². The summed E-state index contributed by atoms with van der Waals surface area (Å²) >= 11 is 1.67. The largest absolute Gasteiger partial charge is 0.369 e. The number of aryl methyl sites for hydroxylation is 1. The second kappa shape index (κ2) is 9.99. The van der Waals surface area contributed by atoms with E-state index in [1.165, 1.54) is 11.3 Å². The molecule has 2 aromatic carbocycles. The molecule has 1 atom stereocenters. The van der Waals surface area contributed by atoms with Crippen molar-refractivity contribution in [3.8, 4) is 0 Å². The molecule has 0 bridgehead atoms. The topological polar surface area (TPSA) is 35.6 Å². The van der Waals surface area contributed by atoms with Crippen LogP contribution < -0.4 is 10.2 Å². The molecule has 3 rings (SSSR count). The SMILES string of the molecule is CCN1CCN(c2ccc(NC(=O)C(C)SCc3ccccc3)c(C)c2)CC1. The van der Waals surface area contributed by atoms with Gasteiger partial charge in [-0.3, -0.25) is 4.79 Å². The summed E-state index contributed by atoms with van der Waals surface area (Å²) in [6.45, 7) is 11.7. The molecule has 1 saturated heterocycles. The summed E-state index contributed by atoms with van der Waals surface area (Å²) in [6, 6.07) is 16.7. The van der Waals surface area contributed by atoms with E-state index in [9.17, 15) is 4.79 Å². The molecule has 0 aliphatic carbocycles. The number of piperazine rings is 1. The zero-order valence-electron chi connectivity index (χ0n) is 17.1. The van der Waals surface area contributed by atoms with Crippen molar-refractivity contribution in [1.82, 2.24) is 4.90 Å². The predicted octanol–water partition coefficient (Wildman–Crippen LogP) is 4.40. The summed E-state index contributed by atoms with van der Waals surface area (Å²) in [7, 11) is 0.